The van der Waals surface area contributed by atoms with Crippen molar-refractivity contribution in [2.45, 2.75) is 19.8 Å². The molecule has 15 heavy (non-hydrogen) atoms. The Hall–Kier alpha value is -0.585. The summed E-state index contributed by atoms with van der Waals surface area (Å²) in [5, 5.41) is 0. The van der Waals surface area contributed by atoms with Gasteiger partial charge in [-0.25, -0.2) is 4.99 Å². The van der Waals surface area contributed by atoms with Gasteiger partial charge in [0, 0.05) is 0 Å². The molecule has 0 aliphatic carbocycles. The second kappa shape index (κ2) is 6.10. The highest BCUT2D eigenvalue weighted by Gasteiger charge is 2.22. The summed E-state index contributed by atoms with van der Waals surface area (Å²) in [6, 6.07) is 0. The minimum Gasteiger partial charge on any atom is -0.418 e. The van der Waals surface area contributed by atoms with Crippen LogP contribution in [0, 0.1) is 0 Å². The third kappa shape index (κ3) is 9.71. The quantitative estimate of drug-likeness (QED) is 0.400. The molecule has 0 saturated carbocycles. The van der Waals surface area contributed by atoms with Gasteiger partial charge in [0.05, 0.1) is 20.1 Å². The van der Waals surface area contributed by atoms with Crippen LogP contribution < -0.4 is 0 Å². The number of hydrogen-bond acceptors (Lipinski definition) is 1. The lowest BCUT2D eigenvalue weighted by Crippen LogP contribution is -2.41. The molecule has 1 atom stereocenters. The number of nitrogens with zero attached hydrogens (tertiary/aromatic N) is 2. The van der Waals surface area contributed by atoms with Crippen molar-refractivity contribution in [2.75, 3.05) is 26.7 Å². The van der Waals surface area contributed by atoms with Gasteiger partial charge in [-0.15, -0.1) is 0 Å². The van der Waals surface area contributed by atoms with Crippen LogP contribution in [0.5, 0.6) is 0 Å². The summed E-state index contributed by atoms with van der Waals surface area (Å²) >= 11 is 0. The molecular weight excluding hydrogens is 211 g/mol. The number of halogens is 4. The fourth-order valence-corrected chi connectivity index (χ4v) is 1.29. The lowest BCUT2D eigenvalue weighted by molar-refractivity contribution is -0.807. The molecule has 2 nitrogen and oxygen atoms in total. The van der Waals surface area contributed by atoms with Crippen molar-refractivity contribution in [1.29, 1.82) is 0 Å². The first-order valence-corrected chi connectivity index (χ1v) is 4.99. The number of unbranched alkanes of at least 4 members (excludes halogenated alkanes) is 1. The highest BCUT2D eigenvalue weighted by atomic mass is 19.5. The van der Waals surface area contributed by atoms with Crippen molar-refractivity contribution < 1.29 is 21.7 Å². The molecule has 1 aliphatic heterocycles. The Bertz CT molecular complexity index is 201. The number of quaternary nitrogens is 1. The average molecular weight is 228 g/mol. The predicted molar refractivity (Wildman–Crippen MR) is 54.4 cm³/mol. The topological polar surface area (TPSA) is 12.4 Å². The first-order valence-electron chi connectivity index (χ1n) is 4.99. The van der Waals surface area contributed by atoms with Gasteiger partial charge in [-0.2, -0.15) is 0 Å². The Kier molecular flexibility index (Phi) is 5.86. The fraction of sp³-hybridized carbons (Fsp3) is 0.875. The van der Waals surface area contributed by atoms with Crippen LogP contribution in [0.3, 0.4) is 0 Å². The maximum Gasteiger partial charge on any atom is 0.673 e. The molecule has 0 saturated heterocycles. The van der Waals surface area contributed by atoms with Crippen LogP contribution in [-0.2, 0) is 0 Å². The van der Waals surface area contributed by atoms with Crippen molar-refractivity contribution in [3.05, 3.63) is 0 Å². The van der Waals surface area contributed by atoms with E-state index in [9.17, 15) is 17.3 Å². The molecule has 0 aromatic rings. The molecule has 1 unspecified atom stereocenters. The molecule has 7 heteroatoms. The summed E-state index contributed by atoms with van der Waals surface area (Å²) in [6.45, 7) is 5.74. The summed E-state index contributed by atoms with van der Waals surface area (Å²) in [5.41, 5.74) is 0. The third-order valence-electron chi connectivity index (χ3n) is 2.12. The molecule has 1 rings (SSSR count). The third-order valence-corrected chi connectivity index (χ3v) is 2.12. The Labute approximate surface area is 87.7 Å². The first-order chi connectivity index (χ1) is 6.77. The highest BCUT2D eigenvalue weighted by Crippen LogP contribution is 2.07. The summed E-state index contributed by atoms with van der Waals surface area (Å²) in [5.74, 6) is 0. The van der Waals surface area contributed by atoms with E-state index in [0.29, 0.717) is 0 Å². The number of aliphatic imine (C=N–C) groups is 1. The van der Waals surface area contributed by atoms with Gasteiger partial charge in [-0.05, 0) is 6.42 Å². The van der Waals surface area contributed by atoms with Crippen LogP contribution >= 0.6 is 0 Å². The minimum absolute atomic E-state index is 1.03. The van der Waals surface area contributed by atoms with Crippen LogP contribution in [-0.4, -0.2) is 44.8 Å². The molecule has 0 spiro atoms. The zero-order chi connectivity index (χ0) is 11.9. The highest BCUT2D eigenvalue weighted by molar-refractivity contribution is 6.50. The smallest absolute Gasteiger partial charge is 0.418 e. The Morgan fingerprint density at radius 3 is 2.20 bits per heavy atom. The Morgan fingerprint density at radius 1 is 1.33 bits per heavy atom. The van der Waals surface area contributed by atoms with E-state index in [1.807, 2.05) is 0 Å². The van der Waals surface area contributed by atoms with E-state index in [1.54, 1.807) is 0 Å². The maximum atomic E-state index is 9.75. The second-order valence-corrected chi connectivity index (χ2v) is 3.80. The molecule has 1 aliphatic rings. The van der Waals surface area contributed by atoms with E-state index in [2.05, 4.69) is 25.3 Å². The number of likely N-dealkylation sites (N-methyl/N-ethyl adjacent to an activating group) is 1. The molecular formula is C8H17BF4N2. The van der Waals surface area contributed by atoms with Crippen molar-refractivity contribution in [3.8, 4) is 0 Å². The van der Waals surface area contributed by atoms with E-state index in [4.69, 9.17) is 0 Å². The molecule has 0 amide bonds. The standard InChI is InChI=1S/C8H17N2.BF4/c1-3-4-6-10(2)7-5-9-8-10;2-1(3,4)5/h8H,3-7H2,1-2H3;/q+1;-1. The van der Waals surface area contributed by atoms with Crippen molar-refractivity contribution in [2.24, 2.45) is 4.99 Å². The van der Waals surface area contributed by atoms with Crippen LogP contribution in [0.4, 0.5) is 17.3 Å². The van der Waals surface area contributed by atoms with Gasteiger partial charge >= 0.3 is 7.25 Å². The van der Waals surface area contributed by atoms with Gasteiger partial charge in [0.2, 0.25) is 0 Å². The second-order valence-electron chi connectivity index (χ2n) is 3.80. The summed E-state index contributed by atoms with van der Waals surface area (Å²) in [4.78, 5) is 4.24. The zero-order valence-corrected chi connectivity index (χ0v) is 9.10. The number of rotatable bonds is 3. The van der Waals surface area contributed by atoms with E-state index < -0.39 is 7.25 Å². The number of hydrogen-bond donors (Lipinski definition) is 0. The molecule has 90 valence electrons. The zero-order valence-electron chi connectivity index (χ0n) is 9.10. The fourth-order valence-electron chi connectivity index (χ4n) is 1.29. The molecule has 0 aromatic carbocycles. The average Bonchev–Trinajstić information content (AvgIpc) is 2.46. The maximum absolute atomic E-state index is 9.75. The molecule has 0 fully saturated rings. The first kappa shape index (κ1) is 14.4. The van der Waals surface area contributed by atoms with E-state index >= 15 is 0 Å². The predicted octanol–water partition coefficient (Wildman–Crippen LogP) is 2.58. The molecule has 1 heterocycles. The Balaban J connectivity index is 0.000000336. The summed E-state index contributed by atoms with van der Waals surface area (Å²) in [7, 11) is -3.74. The van der Waals surface area contributed by atoms with Gasteiger partial charge in [0.15, 0.2) is 6.34 Å². The molecule has 0 radical (unpaired) electrons. The molecule has 0 bridgehead atoms. The van der Waals surface area contributed by atoms with Gasteiger partial charge in [-0.3, -0.25) is 4.48 Å². The molecule has 0 aromatic heterocycles. The van der Waals surface area contributed by atoms with Crippen LogP contribution in [0.25, 0.3) is 0 Å². The van der Waals surface area contributed by atoms with E-state index in [1.165, 1.54) is 25.9 Å². The van der Waals surface area contributed by atoms with Crippen LogP contribution in [0.2, 0.25) is 0 Å². The van der Waals surface area contributed by atoms with E-state index in [0.717, 1.165) is 11.0 Å². The largest absolute Gasteiger partial charge is 0.673 e. The normalized spacial score (nSPS) is 24.9. The van der Waals surface area contributed by atoms with Crippen molar-refractivity contribution in [3.63, 3.8) is 0 Å². The van der Waals surface area contributed by atoms with Crippen LogP contribution in [0.15, 0.2) is 4.99 Å². The Morgan fingerprint density at radius 2 is 1.87 bits per heavy atom. The van der Waals surface area contributed by atoms with Gasteiger partial charge in [0.25, 0.3) is 0 Å². The molecule has 0 N–H and O–H groups in total. The van der Waals surface area contributed by atoms with Crippen molar-refractivity contribution >= 4 is 13.6 Å². The minimum atomic E-state index is -6.00. The van der Waals surface area contributed by atoms with Gasteiger partial charge in [0.1, 0.15) is 6.54 Å². The van der Waals surface area contributed by atoms with Gasteiger partial charge in [-0.1, -0.05) is 13.3 Å². The van der Waals surface area contributed by atoms with Crippen molar-refractivity contribution in [1.82, 2.24) is 0 Å². The van der Waals surface area contributed by atoms with Gasteiger partial charge < -0.3 is 17.3 Å². The summed E-state index contributed by atoms with van der Waals surface area (Å²) < 4.78 is 40.1. The van der Waals surface area contributed by atoms with E-state index in [-0.39, 0.29) is 0 Å². The lowest BCUT2D eigenvalue weighted by atomic mass is 10.3. The monoisotopic (exact) mass is 228 g/mol. The SMILES string of the molecule is CCCC[N+]1(C)C=NCC1.F[B-](F)(F)F. The van der Waals surface area contributed by atoms with Crippen LogP contribution in [0.1, 0.15) is 19.8 Å². The summed E-state index contributed by atoms with van der Waals surface area (Å²) in [6.07, 6.45) is 4.71. The lowest BCUT2D eigenvalue weighted by Gasteiger charge is -2.24.